The lowest BCUT2D eigenvalue weighted by molar-refractivity contribution is -0.114. The summed E-state index contributed by atoms with van der Waals surface area (Å²) in [5, 5.41) is 3.56. The largest absolute Gasteiger partial charge is 0.302 e. The highest BCUT2D eigenvalue weighted by Gasteiger charge is 2.26. The molecule has 1 aliphatic rings. The average Bonchev–Trinajstić information content (AvgIpc) is 2.57. The Labute approximate surface area is 100 Å². The summed E-state index contributed by atoms with van der Waals surface area (Å²) in [6, 6.07) is 0. The van der Waals surface area contributed by atoms with E-state index < -0.39 is 0 Å². The Hall–Kier alpha value is -0.900. The second-order valence-corrected chi connectivity index (χ2v) is 5.78. The van der Waals surface area contributed by atoms with E-state index >= 15 is 0 Å². The minimum absolute atomic E-state index is 0.0350. The molecule has 0 fully saturated rings. The van der Waals surface area contributed by atoms with Gasteiger partial charge in [0.25, 0.3) is 0 Å². The zero-order chi connectivity index (χ0) is 11.7. The van der Waals surface area contributed by atoms with Crippen molar-refractivity contribution in [3.05, 3.63) is 10.6 Å². The summed E-state index contributed by atoms with van der Waals surface area (Å²) in [6.45, 7) is 6.05. The van der Waals surface area contributed by atoms with Gasteiger partial charge in [0.15, 0.2) is 5.13 Å². The topological polar surface area (TPSA) is 42.0 Å². The number of hydrogen-bond acceptors (Lipinski definition) is 3. The van der Waals surface area contributed by atoms with E-state index in [-0.39, 0.29) is 5.91 Å². The van der Waals surface area contributed by atoms with E-state index in [0.717, 1.165) is 11.6 Å². The zero-order valence-corrected chi connectivity index (χ0v) is 10.9. The molecular weight excluding hydrogens is 220 g/mol. The number of hydrogen-bond donors (Lipinski definition) is 1. The SMILES string of the molecule is CC(=O)Nc1nc2c(s1)[C@H](C(C)C)CCC2. The Kier molecular flexibility index (Phi) is 3.28. The molecule has 0 aliphatic heterocycles. The smallest absolute Gasteiger partial charge is 0.223 e. The molecule has 1 aromatic heterocycles. The zero-order valence-electron chi connectivity index (χ0n) is 10.0. The lowest BCUT2D eigenvalue weighted by atomic mass is 9.84. The molecule has 3 nitrogen and oxygen atoms in total. The maximum Gasteiger partial charge on any atom is 0.223 e. The second kappa shape index (κ2) is 4.53. The van der Waals surface area contributed by atoms with Crippen molar-refractivity contribution in [2.24, 2.45) is 5.92 Å². The van der Waals surface area contributed by atoms with Gasteiger partial charge in [0.2, 0.25) is 5.91 Å². The monoisotopic (exact) mass is 238 g/mol. The second-order valence-electron chi connectivity index (χ2n) is 4.75. The summed E-state index contributed by atoms with van der Waals surface area (Å²) in [5.41, 5.74) is 1.21. The summed E-state index contributed by atoms with van der Waals surface area (Å²) in [4.78, 5) is 16.9. The molecule has 1 atom stereocenters. The number of nitrogens with one attached hydrogen (secondary N) is 1. The summed E-state index contributed by atoms with van der Waals surface area (Å²) in [6.07, 6.45) is 3.54. The number of rotatable bonds is 2. The van der Waals surface area contributed by atoms with E-state index in [2.05, 4.69) is 24.1 Å². The molecule has 2 rings (SSSR count). The Morgan fingerprint density at radius 3 is 2.94 bits per heavy atom. The Balaban J connectivity index is 2.27. The van der Waals surface area contributed by atoms with Crippen molar-refractivity contribution in [3.8, 4) is 0 Å². The highest BCUT2D eigenvalue weighted by atomic mass is 32.1. The summed E-state index contributed by atoms with van der Waals surface area (Å²) in [7, 11) is 0. The van der Waals surface area contributed by atoms with Crippen LogP contribution in [0.3, 0.4) is 0 Å². The van der Waals surface area contributed by atoms with Crippen LogP contribution in [-0.4, -0.2) is 10.9 Å². The third kappa shape index (κ3) is 2.26. The number of thiazole rings is 1. The van der Waals surface area contributed by atoms with Crippen LogP contribution in [0.25, 0.3) is 0 Å². The number of carbonyl (C=O) groups is 1. The molecule has 0 saturated carbocycles. The average molecular weight is 238 g/mol. The standard InChI is InChI=1S/C12H18N2OS/c1-7(2)9-5-4-6-10-11(9)16-12(14-10)13-8(3)15/h7,9H,4-6H2,1-3H3,(H,13,14,15)/t9-/m0/s1. The van der Waals surface area contributed by atoms with E-state index in [1.54, 1.807) is 11.3 Å². The van der Waals surface area contributed by atoms with Crippen molar-refractivity contribution in [2.75, 3.05) is 5.32 Å². The van der Waals surface area contributed by atoms with Gasteiger partial charge in [-0.1, -0.05) is 13.8 Å². The molecule has 0 aromatic carbocycles. The van der Waals surface area contributed by atoms with Gasteiger partial charge in [-0.05, 0) is 31.1 Å². The van der Waals surface area contributed by atoms with Gasteiger partial charge in [0.05, 0.1) is 5.69 Å². The molecule has 0 unspecified atom stereocenters. The first-order valence-corrected chi connectivity index (χ1v) is 6.66. The molecule has 88 valence electrons. The van der Waals surface area contributed by atoms with Gasteiger partial charge in [-0.3, -0.25) is 4.79 Å². The minimum Gasteiger partial charge on any atom is -0.302 e. The lowest BCUT2D eigenvalue weighted by Crippen LogP contribution is -2.12. The van der Waals surface area contributed by atoms with Gasteiger partial charge >= 0.3 is 0 Å². The van der Waals surface area contributed by atoms with E-state index in [9.17, 15) is 4.79 Å². The number of amides is 1. The Bertz CT molecular complexity index is 398. The molecule has 0 bridgehead atoms. The number of aryl methyl sites for hydroxylation is 1. The minimum atomic E-state index is -0.0350. The first-order chi connectivity index (χ1) is 7.58. The normalized spacial score (nSPS) is 19.6. The highest BCUT2D eigenvalue weighted by molar-refractivity contribution is 7.16. The van der Waals surface area contributed by atoms with Crippen LogP contribution in [0.2, 0.25) is 0 Å². The van der Waals surface area contributed by atoms with Crippen LogP contribution in [-0.2, 0) is 11.2 Å². The van der Waals surface area contributed by atoms with Gasteiger partial charge in [0, 0.05) is 11.8 Å². The highest BCUT2D eigenvalue weighted by Crippen LogP contribution is 2.41. The van der Waals surface area contributed by atoms with Crippen LogP contribution in [0.1, 0.15) is 50.1 Å². The molecule has 1 aliphatic carbocycles. The van der Waals surface area contributed by atoms with E-state index in [0.29, 0.717) is 11.8 Å². The van der Waals surface area contributed by atoms with Gasteiger partial charge < -0.3 is 5.32 Å². The van der Waals surface area contributed by atoms with Gasteiger partial charge in [-0.25, -0.2) is 4.98 Å². The van der Waals surface area contributed by atoms with Gasteiger partial charge in [-0.2, -0.15) is 0 Å². The van der Waals surface area contributed by atoms with Crippen molar-refractivity contribution < 1.29 is 4.79 Å². The molecule has 4 heteroatoms. The lowest BCUT2D eigenvalue weighted by Gasteiger charge is -2.24. The molecular formula is C12H18N2OS. The summed E-state index contributed by atoms with van der Waals surface area (Å²) >= 11 is 1.66. The maximum atomic E-state index is 11.0. The molecule has 1 amide bonds. The fourth-order valence-electron chi connectivity index (χ4n) is 2.29. The number of fused-ring (bicyclic) bond motifs is 1. The third-order valence-corrected chi connectivity index (χ3v) is 4.23. The Morgan fingerprint density at radius 2 is 2.31 bits per heavy atom. The molecule has 1 heterocycles. The van der Waals surface area contributed by atoms with Crippen LogP contribution in [0.5, 0.6) is 0 Å². The van der Waals surface area contributed by atoms with Gasteiger partial charge in [0.1, 0.15) is 0 Å². The van der Waals surface area contributed by atoms with Crippen LogP contribution in [0, 0.1) is 5.92 Å². The fraction of sp³-hybridized carbons (Fsp3) is 0.667. The first-order valence-electron chi connectivity index (χ1n) is 5.85. The summed E-state index contributed by atoms with van der Waals surface area (Å²) in [5.74, 6) is 1.25. The van der Waals surface area contributed by atoms with Crippen LogP contribution >= 0.6 is 11.3 Å². The fourth-order valence-corrected chi connectivity index (χ4v) is 3.66. The van der Waals surface area contributed by atoms with Crippen molar-refractivity contribution in [2.45, 2.75) is 46.0 Å². The molecule has 0 saturated heterocycles. The van der Waals surface area contributed by atoms with Crippen LogP contribution < -0.4 is 5.32 Å². The Morgan fingerprint density at radius 1 is 1.56 bits per heavy atom. The quantitative estimate of drug-likeness (QED) is 0.859. The molecule has 0 radical (unpaired) electrons. The first kappa shape index (κ1) is 11.6. The molecule has 16 heavy (non-hydrogen) atoms. The van der Waals surface area contributed by atoms with E-state index in [1.807, 2.05) is 0 Å². The van der Waals surface area contributed by atoms with Crippen molar-refractivity contribution >= 4 is 22.4 Å². The maximum absolute atomic E-state index is 11.0. The number of carbonyl (C=O) groups excluding carboxylic acids is 1. The van der Waals surface area contributed by atoms with E-state index in [1.165, 1.54) is 30.3 Å². The number of aromatic nitrogens is 1. The molecule has 1 aromatic rings. The molecule has 0 spiro atoms. The summed E-state index contributed by atoms with van der Waals surface area (Å²) < 4.78 is 0. The predicted molar refractivity (Wildman–Crippen MR) is 66.9 cm³/mol. The molecule has 1 N–H and O–H groups in total. The number of anilines is 1. The van der Waals surface area contributed by atoms with Gasteiger partial charge in [-0.15, -0.1) is 11.3 Å². The predicted octanol–water partition coefficient (Wildman–Crippen LogP) is 3.18. The van der Waals surface area contributed by atoms with Crippen LogP contribution in [0.4, 0.5) is 5.13 Å². The third-order valence-electron chi connectivity index (χ3n) is 3.08. The van der Waals surface area contributed by atoms with Crippen molar-refractivity contribution in [1.82, 2.24) is 4.98 Å². The van der Waals surface area contributed by atoms with Crippen LogP contribution in [0.15, 0.2) is 0 Å². The number of nitrogens with zero attached hydrogens (tertiary/aromatic N) is 1. The van der Waals surface area contributed by atoms with Crippen molar-refractivity contribution in [3.63, 3.8) is 0 Å². The van der Waals surface area contributed by atoms with E-state index in [4.69, 9.17) is 0 Å². The van der Waals surface area contributed by atoms with Crippen molar-refractivity contribution in [1.29, 1.82) is 0 Å².